The van der Waals surface area contributed by atoms with Gasteiger partial charge < -0.3 is 15.2 Å². The second-order valence-corrected chi connectivity index (χ2v) is 8.68. The van der Waals surface area contributed by atoms with Crippen LogP contribution in [0.15, 0.2) is 24.3 Å². The number of benzene rings is 2. The zero-order valence-corrected chi connectivity index (χ0v) is 17.3. The number of hydrogen-bond acceptors (Lipinski definition) is 2. The summed E-state index contributed by atoms with van der Waals surface area (Å²) < 4.78 is 21.0. The van der Waals surface area contributed by atoms with Gasteiger partial charge in [0.05, 0.1) is 12.1 Å². The quantitative estimate of drug-likeness (QED) is 0.700. The van der Waals surface area contributed by atoms with Crippen molar-refractivity contribution in [2.45, 2.75) is 60.1 Å². The second-order valence-electron chi connectivity index (χ2n) is 8.68. The average molecular weight is 385 g/mol. The predicted octanol–water partition coefficient (Wildman–Crippen LogP) is 5.79. The molecule has 1 atom stereocenters. The zero-order chi connectivity index (χ0) is 20.8. The summed E-state index contributed by atoms with van der Waals surface area (Å²) in [6, 6.07) is 6.83. The van der Waals surface area contributed by atoms with E-state index in [2.05, 4.69) is 5.32 Å². The van der Waals surface area contributed by atoms with Gasteiger partial charge in [-0.2, -0.15) is 0 Å². The fraction of sp³-hybridized carbons (Fsp3) is 0.435. The zero-order valence-electron chi connectivity index (χ0n) is 17.3. The molecule has 3 rings (SSSR count). The Balaban J connectivity index is 2.06. The normalized spacial score (nSPS) is 17.5. The molecule has 0 fully saturated rings. The molecule has 1 unspecified atom stereocenters. The van der Waals surface area contributed by atoms with Crippen molar-refractivity contribution in [2.24, 2.45) is 5.41 Å². The van der Waals surface area contributed by atoms with E-state index in [9.17, 15) is 4.79 Å². The molecule has 2 aromatic rings. The Labute approximate surface area is 165 Å². The van der Waals surface area contributed by atoms with Crippen molar-refractivity contribution in [3.63, 3.8) is 0 Å². The highest BCUT2D eigenvalue weighted by atomic mass is 19.1. The van der Waals surface area contributed by atoms with Crippen LogP contribution in [0.3, 0.4) is 0 Å². The van der Waals surface area contributed by atoms with E-state index >= 15 is 4.39 Å². The van der Waals surface area contributed by atoms with Crippen LogP contribution in [0.1, 0.15) is 56.0 Å². The summed E-state index contributed by atoms with van der Waals surface area (Å²) in [7, 11) is 0. The number of aryl methyl sites for hydroxylation is 2. The van der Waals surface area contributed by atoms with Crippen molar-refractivity contribution in [2.75, 3.05) is 0 Å². The molecule has 150 valence electrons. The first-order valence-electron chi connectivity index (χ1n) is 9.59. The highest BCUT2D eigenvalue weighted by molar-refractivity contribution is 5.71. The van der Waals surface area contributed by atoms with Crippen molar-refractivity contribution in [3.05, 3.63) is 52.3 Å². The largest absolute Gasteiger partial charge is 0.490 e. The summed E-state index contributed by atoms with van der Waals surface area (Å²) in [4.78, 5) is 11.2. The van der Waals surface area contributed by atoms with Crippen LogP contribution in [0.2, 0.25) is 0 Å². The van der Waals surface area contributed by atoms with E-state index in [-0.39, 0.29) is 17.3 Å². The topological polar surface area (TPSA) is 58.6 Å². The molecule has 1 aliphatic carbocycles. The van der Waals surface area contributed by atoms with E-state index in [0.29, 0.717) is 12.0 Å². The number of carbonyl (C=O) groups is 1. The number of nitrogens with one attached hydrogen (secondary N) is 1. The maximum absolute atomic E-state index is 15.1. The van der Waals surface area contributed by atoms with Gasteiger partial charge in [-0.05, 0) is 91.6 Å². The van der Waals surface area contributed by atoms with Gasteiger partial charge in [0, 0.05) is 5.56 Å². The predicted molar refractivity (Wildman–Crippen MR) is 108 cm³/mol. The Bertz CT molecular complexity index is 911. The molecule has 28 heavy (non-hydrogen) atoms. The summed E-state index contributed by atoms with van der Waals surface area (Å²) in [5, 5.41) is 11.7. The molecule has 0 spiro atoms. The van der Waals surface area contributed by atoms with E-state index < -0.39 is 12.1 Å². The third-order valence-electron chi connectivity index (χ3n) is 5.36. The summed E-state index contributed by atoms with van der Waals surface area (Å²) in [6.07, 6.45) is -0.337. The molecule has 0 aromatic heterocycles. The molecule has 1 amide bonds. The van der Waals surface area contributed by atoms with E-state index in [1.54, 1.807) is 0 Å². The molecule has 0 heterocycles. The van der Waals surface area contributed by atoms with Crippen LogP contribution in [0, 0.1) is 25.1 Å². The number of rotatable bonds is 4. The van der Waals surface area contributed by atoms with E-state index in [0.717, 1.165) is 33.6 Å². The lowest BCUT2D eigenvalue weighted by Gasteiger charge is -2.27. The van der Waals surface area contributed by atoms with Gasteiger partial charge in [0.25, 0.3) is 0 Å². The number of ether oxygens (including phenoxy) is 1. The monoisotopic (exact) mass is 385 g/mol. The van der Waals surface area contributed by atoms with Gasteiger partial charge >= 0.3 is 6.09 Å². The molecule has 0 saturated heterocycles. The second kappa shape index (κ2) is 7.12. The Morgan fingerprint density at radius 2 is 1.82 bits per heavy atom. The van der Waals surface area contributed by atoms with Gasteiger partial charge in [0.2, 0.25) is 0 Å². The maximum atomic E-state index is 15.1. The molecule has 2 N–H and O–H groups in total. The van der Waals surface area contributed by atoms with E-state index in [1.165, 1.54) is 6.07 Å². The molecule has 0 bridgehead atoms. The van der Waals surface area contributed by atoms with Gasteiger partial charge in [0.1, 0.15) is 11.6 Å². The van der Waals surface area contributed by atoms with Gasteiger partial charge in [-0.25, -0.2) is 9.18 Å². The number of fused-ring (bicyclic) bond motifs is 1. The van der Waals surface area contributed by atoms with Crippen molar-refractivity contribution in [3.8, 4) is 16.9 Å². The highest BCUT2D eigenvalue weighted by Gasteiger charge is 2.40. The molecule has 0 radical (unpaired) electrons. The van der Waals surface area contributed by atoms with Crippen LogP contribution in [-0.4, -0.2) is 17.3 Å². The SMILES string of the molecule is Cc1cc(-c2cc3c(cc2F)C(NC(=O)O)C(C)(C)C3)cc(C)c1OC(C)C. The number of hydrogen-bond donors (Lipinski definition) is 2. The Hall–Kier alpha value is -2.56. The Morgan fingerprint density at radius 3 is 2.36 bits per heavy atom. The Morgan fingerprint density at radius 1 is 1.21 bits per heavy atom. The van der Waals surface area contributed by atoms with Gasteiger partial charge in [0.15, 0.2) is 0 Å². The fourth-order valence-electron chi connectivity index (χ4n) is 4.21. The average Bonchev–Trinajstić information content (AvgIpc) is 2.79. The van der Waals surface area contributed by atoms with Crippen LogP contribution in [0.25, 0.3) is 11.1 Å². The highest BCUT2D eigenvalue weighted by Crippen LogP contribution is 2.47. The minimum atomic E-state index is -1.09. The van der Waals surface area contributed by atoms with Gasteiger partial charge in [-0.15, -0.1) is 0 Å². The van der Waals surface area contributed by atoms with Crippen LogP contribution in [-0.2, 0) is 6.42 Å². The van der Waals surface area contributed by atoms with E-state index in [4.69, 9.17) is 9.84 Å². The molecule has 4 nitrogen and oxygen atoms in total. The lowest BCUT2D eigenvalue weighted by molar-refractivity contribution is 0.175. The minimum absolute atomic E-state index is 0.0703. The molecule has 0 saturated carbocycles. The Kier molecular flexibility index (Phi) is 5.13. The number of halogens is 1. The van der Waals surface area contributed by atoms with Crippen molar-refractivity contribution in [1.82, 2.24) is 5.32 Å². The molecular weight excluding hydrogens is 357 g/mol. The van der Waals surface area contributed by atoms with Crippen LogP contribution in [0.5, 0.6) is 5.75 Å². The third-order valence-corrected chi connectivity index (χ3v) is 5.36. The summed E-state index contributed by atoms with van der Waals surface area (Å²) in [5.74, 6) is 0.497. The summed E-state index contributed by atoms with van der Waals surface area (Å²) in [6.45, 7) is 11.9. The first kappa shape index (κ1) is 20.2. The van der Waals surface area contributed by atoms with Gasteiger partial charge in [-0.3, -0.25) is 0 Å². The molecule has 0 aliphatic heterocycles. The lowest BCUT2D eigenvalue weighted by atomic mass is 9.85. The summed E-state index contributed by atoms with van der Waals surface area (Å²) in [5.41, 5.74) is 4.67. The number of carboxylic acid groups (broad SMARTS) is 1. The first-order valence-corrected chi connectivity index (χ1v) is 9.59. The first-order chi connectivity index (χ1) is 13.0. The smallest absolute Gasteiger partial charge is 0.405 e. The van der Waals surface area contributed by atoms with Crippen LogP contribution >= 0.6 is 0 Å². The lowest BCUT2D eigenvalue weighted by Crippen LogP contribution is -2.34. The van der Waals surface area contributed by atoms with Gasteiger partial charge in [-0.1, -0.05) is 13.8 Å². The molecule has 2 aromatic carbocycles. The fourth-order valence-corrected chi connectivity index (χ4v) is 4.21. The molecule has 1 aliphatic rings. The third kappa shape index (κ3) is 3.71. The van der Waals surface area contributed by atoms with Crippen LogP contribution in [0.4, 0.5) is 9.18 Å². The van der Waals surface area contributed by atoms with E-state index in [1.807, 2.05) is 59.7 Å². The number of amides is 1. The van der Waals surface area contributed by atoms with Crippen LogP contribution < -0.4 is 10.1 Å². The standard InChI is InChI=1S/C23H28FNO3/c1-12(2)28-20-13(3)7-15(8-14(20)4)17-9-16-11-23(5,6)21(25-22(26)27)18(16)10-19(17)24/h7-10,12,21,25H,11H2,1-6H3,(H,26,27). The van der Waals surface area contributed by atoms with Crippen molar-refractivity contribution in [1.29, 1.82) is 0 Å². The van der Waals surface area contributed by atoms with Crippen molar-refractivity contribution >= 4 is 6.09 Å². The minimum Gasteiger partial charge on any atom is -0.490 e. The summed E-state index contributed by atoms with van der Waals surface area (Å²) >= 11 is 0. The molecule has 5 heteroatoms. The maximum Gasteiger partial charge on any atom is 0.405 e. The molecular formula is C23H28FNO3. The van der Waals surface area contributed by atoms with Crippen molar-refractivity contribution < 1.29 is 19.0 Å².